The largest absolute Gasteiger partial charge is 0.444 e. The number of hydrogen-bond donors (Lipinski definition) is 1. The van der Waals surface area contributed by atoms with E-state index >= 15 is 0 Å². The summed E-state index contributed by atoms with van der Waals surface area (Å²) >= 11 is 0. The second kappa shape index (κ2) is 6.91. The van der Waals surface area contributed by atoms with Gasteiger partial charge in [-0.1, -0.05) is 0 Å². The molecular formula is C13H14FN3O4. The van der Waals surface area contributed by atoms with Crippen LogP contribution in [0.3, 0.4) is 0 Å². The van der Waals surface area contributed by atoms with Crippen molar-refractivity contribution < 1.29 is 18.5 Å². The van der Waals surface area contributed by atoms with Gasteiger partial charge in [-0.2, -0.15) is 0 Å². The Kier molecular flexibility index (Phi) is 4.96. The summed E-state index contributed by atoms with van der Waals surface area (Å²) in [6, 6.07) is 3.33. The number of nitro benzene ring substituents is 1. The fourth-order valence-electron chi connectivity index (χ4n) is 1.69. The van der Waals surface area contributed by atoms with E-state index in [2.05, 4.69) is 10.3 Å². The van der Waals surface area contributed by atoms with E-state index in [-0.39, 0.29) is 17.1 Å². The monoisotopic (exact) mass is 295 g/mol. The minimum atomic E-state index is -0.745. The van der Waals surface area contributed by atoms with Crippen LogP contribution in [0, 0.1) is 15.9 Å². The van der Waals surface area contributed by atoms with Gasteiger partial charge < -0.3 is 14.5 Å². The molecule has 0 saturated carbocycles. The number of halogens is 1. The van der Waals surface area contributed by atoms with Crippen LogP contribution in [0.4, 0.5) is 10.1 Å². The third kappa shape index (κ3) is 3.83. The Balaban J connectivity index is 2.08. The van der Waals surface area contributed by atoms with Crippen LogP contribution in [-0.2, 0) is 11.3 Å². The summed E-state index contributed by atoms with van der Waals surface area (Å²) in [7, 11) is 1.60. The minimum Gasteiger partial charge on any atom is -0.444 e. The van der Waals surface area contributed by atoms with Gasteiger partial charge in [0.1, 0.15) is 12.1 Å². The summed E-state index contributed by atoms with van der Waals surface area (Å²) in [5.41, 5.74) is 0.381. The van der Waals surface area contributed by atoms with Crippen molar-refractivity contribution in [3.05, 3.63) is 46.1 Å². The van der Waals surface area contributed by atoms with Crippen LogP contribution >= 0.6 is 0 Å². The number of rotatable bonds is 7. The molecular weight excluding hydrogens is 281 g/mol. The molecule has 0 atom stereocenters. The van der Waals surface area contributed by atoms with Gasteiger partial charge >= 0.3 is 0 Å². The van der Waals surface area contributed by atoms with Crippen LogP contribution < -0.4 is 5.32 Å². The van der Waals surface area contributed by atoms with Gasteiger partial charge in [-0.25, -0.2) is 9.37 Å². The lowest BCUT2D eigenvalue weighted by molar-refractivity contribution is -0.385. The number of nitro groups is 1. The Hall–Kier alpha value is -2.32. The Morgan fingerprint density at radius 2 is 2.33 bits per heavy atom. The molecule has 21 heavy (non-hydrogen) atoms. The Bertz CT molecular complexity index is 630. The number of hydrogen-bond acceptors (Lipinski definition) is 6. The lowest BCUT2D eigenvalue weighted by atomic mass is 10.2. The van der Waals surface area contributed by atoms with Crippen LogP contribution in [0.1, 0.15) is 5.69 Å². The summed E-state index contributed by atoms with van der Waals surface area (Å²) in [6.07, 6.45) is 1.41. The van der Waals surface area contributed by atoms with Crippen molar-refractivity contribution in [2.75, 3.05) is 20.3 Å². The van der Waals surface area contributed by atoms with Crippen molar-refractivity contribution in [1.29, 1.82) is 0 Å². The average Bonchev–Trinajstić information content (AvgIpc) is 2.92. The van der Waals surface area contributed by atoms with E-state index in [4.69, 9.17) is 9.15 Å². The molecule has 1 N–H and O–H groups in total. The number of oxazole rings is 1. The minimum absolute atomic E-state index is 0.0868. The molecule has 0 fully saturated rings. The van der Waals surface area contributed by atoms with Crippen LogP contribution in [0.5, 0.6) is 0 Å². The number of ether oxygens (including phenoxy) is 1. The van der Waals surface area contributed by atoms with Gasteiger partial charge in [-0.05, 0) is 6.07 Å². The molecule has 1 aromatic carbocycles. The molecule has 7 nitrogen and oxygen atoms in total. The van der Waals surface area contributed by atoms with E-state index in [9.17, 15) is 14.5 Å². The molecule has 0 amide bonds. The summed E-state index contributed by atoms with van der Waals surface area (Å²) in [5.74, 6) is -0.657. The molecule has 112 valence electrons. The van der Waals surface area contributed by atoms with Crippen LogP contribution in [0.25, 0.3) is 11.5 Å². The quantitative estimate of drug-likeness (QED) is 0.478. The van der Waals surface area contributed by atoms with E-state index < -0.39 is 10.7 Å². The molecule has 2 aromatic rings. The highest BCUT2D eigenvalue weighted by molar-refractivity contribution is 5.57. The molecule has 2 rings (SSSR count). The third-order valence-electron chi connectivity index (χ3n) is 2.73. The highest BCUT2D eigenvalue weighted by Gasteiger charge is 2.15. The number of methoxy groups -OCH3 is 1. The Morgan fingerprint density at radius 1 is 1.52 bits per heavy atom. The number of nitrogens with one attached hydrogen (secondary N) is 1. The van der Waals surface area contributed by atoms with Crippen molar-refractivity contribution in [1.82, 2.24) is 10.3 Å². The number of nitrogens with zero attached hydrogens (tertiary/aromatic N) is 2. The zero-order chi connectivity index (χ0) is 15.2. The van der Waals surface area contributed by atoms with Gasteiger partial charge in [0.05, 0.1) is 28.9 Å². The SMILES string of the molecule is COCCNCc1coc(-c2ccc([N+](=O)[O-])cc2F)n1. The first-order valence-corrected chi connectivity index (χ1v) is 6.20. The topological polar surface area (TPSA) is 90.4 Å². The first-order valence-electron chi connectivity index (χ1n) is 6.20. The van der Waals surface area contributed by atoms with Crippen LogP contribution in [-0.4, -0.2) is 30.2 Å². The van der Waals surface area contributed by atoms with Crippen molar-refractivity contribution in [2.24, 2.45) is 0 Å². The molecule has 0 radical (unpaired) electrons. The van der Waals surface area contributed by atoms with E-state index in [1.54, 1.807) is 7.11 Å². The molecule has 1 aromatic heterocycles. The highest BCUT2D eigenvalue weighted by atomic mass is 19.1. The zero-order valence-corrected chi connectivity index (χ0v) is 11.3. The Labute approximate surface area is 119 Å². The molecule has 0 spiro atoms. The third-order valence-corrected chi connectivity index (χ3v) is 2.73. The lowest BCUT2D eigenvalue weighted by Gasteiger charge is -2.00. The Morgan fingerprint density at radius 3 is 3.00 bits per heavy atom. The standard InChI is InChI=1S/C13H14FN3O4/c1-20-5-4-15-7-9-8-21-13(16-9)11-3-2-10(17(18)19)6-12(11)14/h2-3,6,8,15H,4-5,7H2,1H3. The predicted octanol–water partition coefficient (Wildman–Crippen LogP) is 2.12. The maximum atomic E-state index is 13.8. The summed E-state index contributed by atoms with van der Waals surface area (Å²) in [4.78, 5) is 14.0. The zero-order valence-electron chi connectivity index (χ0n) is 11.3. The first kappa shape index (κ1) is 15.1. The summed E-state index contributed by atoms with van der Waals surface area (Å²) in [5, 5.41) is 13.6. The van der Waals surface area contributed by atoms with Gasteiger partial charge in [-0.3, -0.25) is 10.1 Å². The van der Waals surface area contributed by atoms with E-state index in [1.165, 1.54) is 18.4 Å². The molecule has 0 saturated heterocycles. The molecule has 0 aliphatic carbocycles. The van der Waals surface area contributed by atoms with Crippen LogP contribution in [0.2, 0.25) is 0 Å². The summed E-state index contributed by atoms with van der Waals surface area (Å²) < 4.78 is 23.9. The van der Waals surface area contributed by atoms with Crippen molar-refractivity contribution in [3.63, 3.8) is 0 Å². The first-order chi connectivity index (χ1) is 10.1. The normalized spacial score (nSPS) is 10.8. The second-order valence-electron chi connectivity index (χ2n) is 4.23. The van der Waals surface area contributed by atoms with Crippen LogP contribution in [0.15, 0.2) is 28.9 Å². The number of aromatic nitrogens is 1. The molecule has 0 unspecified atom stereocenters. The van der Waals surface area contributed by atoms with Crippen molar-refractivity contribution in [2.45, 2.75) is 6.54 Å². The maximum Gasteiger partial charge on any atom is 0.272 e. The van der Waals surface area contributed by atoms with E-state index in [1.807, 2.05) is 0 Å². The number of benzene rings is 1. The average molecular weight is 295 g/mol. The van der Waals surface area contributed by atoms with E-state index in [0.29, 0.717) is 25.4 Å². The van der Waals surface area contributed by atoms with Gasteiger partial charge in [0.25, 0.3) is 5.69 Å². The highest BCUT2D eigenvalue weighted by Crippen LogP contribution is 2.25. The molecule has 0 bridgehead atoms. The number of non-ortho nitro benzene ring substituents is 1. The predicted molar refractivity (Wildman–Crippen MR) is 72.1 cm³/mol. The lowest BCUT2D eigenvalue weighted by Crippen LogP contribution is -2.18. The summed E-state index contributed by atoms with van der Waals surface area (Å²) in [6.45, 7) is 1.69. The van der Waals surface area contributed by atoms with Gasteiger partial charge in [0, 0.05) is 26.3 Å². The van der Waals surface area contributed by atoms with Gasteiger partial charge in [-0.15, -0.1) is 0 Å². The van der Waals surface area contributed by atoms with Gasteiger partial charge in [0.2, 0.25) is 5.89 Å². The van der Waals surface area contributed by atoms with Crippen molar-refractivity contribution >= 4 is 5.69 Å². The molecule has 1 heterocycles. The van der Waals surface area contributed by atoms with Crippen molar-refractivity contribution in [3.8, 4) is 11.5 Å². The molecule has 0 aliphatic heterocycles. The fraction of sp³-hybridized carbons (Fsp3) is 0.308. The molecule has 8 heteroatoms. The smallest absolute Gasteiger partial charge is 0.272 e. The molecule has 0 aliphatic rings. The second-order valence-corrected chi connectivity index (χ2v) is 4.23. The fourth-order valence-corrected chi connectivity index (χ4v) is 1.69. The van der Waals surface area contributed by atoms with Gasteiger partial charge in [0.15, 0.2) is 0 Å². The van der Waals surface area contributed by atoms with E-state index in [0.717, 1.165) is 6.07 Å². The maximum absolute atomic E-state index is 13.8.